The van der Waals surface area contributed by atoms with E-state index in [0.29, 0.717) is 25.9 Å². The lowest BCUT2D eigenvalue weighted by Gasteiger charge is -2.13. The normalized spacial score (nSPS) is 16.7. The van der Waals surface area contributed by atoms with Crippen LogP contribution in [-0.2, 0) is 9.47 Å². The lowest BCUT2D eigenvalue weighted by Crippen LogP contribution is -2.39. The Morgan fingerprint density at radius 2 is 2.11 bits per heavy atom. The number of hydrogen-bond donors (Lipinski definition) is 2. The van der Waals surface area contributed by atoms with E-state index in [0.717, 1.165) is 62.8 Å². The maximum Gasteiger partial charge on any atom is 0.191 e. The summed E-state index contributed by atoms with van der Waals surface area (Å²) in [4.78, 5) is 4.57. The molecule has 0 radical (unpaired) electrons. The van der Waals surface area contributed by atoms with Crippen molar-refractivity contribution in [1.82, 2.24) is 10.6 Å². The third-order valence-corrected chi connectivity index (χ3v) is 4.13. The van der Waals surface area contributed by atoms with Crippen LogP contribution in [0.15, 0.2) is 29.3 Å². The molecule has 1 aromatic rings. The highest BCUT2D eigenvalue weighted by Crippen LogP contribution is 2.15. The molecule has 0 spiro atoms. The maximum atomic E-state index is 5.79. The number of benzene rings is 1. The van der Waals surface area contributed by atoms with Gasteiger partial charge in [-0.15, -0.1) is 24.0 Å². The minimum atomic E-state index is 0. The molecule has 0 saturated carbocycles. The summed E-state index contributed by atoms with van der Waals surface area (Å²) in [5.41, 5.74) is 1.15. The number of aliphatic imine (C=N–C) groups is 1. The molecule has 1 aliphatic rings. The largest absolute Gasteiger partial charge is 0.491 e. The van der Waals surface area contributed by atoms with E-state index in [9.17, 15) is 0 Å². The standard InChI is InChI=1S/C20H33N3O3.HI/c1-3-21-20(22-11-7-13-24-16-18-9-6-14-25-18)23-12-15-26-19-10-5-4-8-17(19)2;/h4-5,8,10,18H,3,6-7,9,11-16H2,1-2H3,(H2,21,22,23);1H. The van der Waals surface area contributed by atoms with Crippen molar-refractivity contribution < 1.29 is 14.2 Å². The summed E-state index contributed by atoms with van der Waals surface area (Å²) >= 11 is 0. The predicted molar refractivity (Wildman–Crippen MR) is 120 cm³/mol. The van der Waals surface area contributed by atoms with Gasteiger partial charge in [0.15, 0.2) is 5.96 Å². The van der Waals surface area contributed by atoms with Gasteiger partial charge in [-0.2, -0.15) is 0 Å². The highest BCUT2D eigenvalue weighted by Gasteiger charge is 2.14. The number of nitrogens with one attached hydrogen (secondary N) is 2. The zero-order valence-electron chi connectivity index (χ0n) is 16.5. The Kier molecular flexibility index (Phi) is 13.3. The van der Waals surface area contributed by atoms with E-state index in [-0.39, 0.29) is 24.0 Å². The minimum Gasteiger partial charge on any atom is -0.491 e. The molecule has 1 heterocycles. The summed E-state index contributed by atoms with van der Waals surface area (Å²) in [5.74, 6) is 1.75. The molecule has 1 atom stereocenters. The molecule has 2 rings (SSSR count). The molecule has 0 aromatic heterocycles. The fraction of sp³-hybridized carbons (Fsp3) is 0.650. The van der Waals surface area contributed by atoms with Gasteiger partial charge in [-0.1, -0.05) is 18.2 Å². The van der Waals surface area contributed by atoms with Crippen LogP contribution in [0.5, 0.6) is 5.75 Å². The van der Waals surface area contributed by atoms with E-state index in [1.807, 2.05) is 18.2 Å². The van der Waals surface area contributed by atoms with Crippen molar-refractivity contribution in [3.63, 3.8) is 0 Å². The summed E-state index contributed by atoms with van der Waals surface area (Å²) in [7, 11) is 0. The van der Waals surface area contributed by atoms with Crippen LogP contribution in [0, 0.1) is 6.92 Å². The molecule has 154 valence electrons. The van der Waals surface area contributed by atoms with Crippen molar-refractivity contribution in [2.24, 2.45) is 4.99 Å². The van der Waals surface area contributed by atoms with E-state index in [4.69, 9.17) is 14.2 Å². The minimum absolute atomic E-state index is 0. The van der Waals surface area contributed by atoms with Gasteiger partial charge in [0.1, 0.15) is 12.4 Å². The highest BCUT2D eigenvalue weighted by molar-refractivity contribution is 14.0. The van der Waals surface area contributed by atoms with Gasteiger partial charge in [0.2, 0.25) is 0 Å². The molecular formula is C20H34IN3O3. The molecule has 1 saturated heterocycles. The molecule has 7 heteroatoms. The number of nitrogens with zero attached hydrogens (tertiary/aromatic N) is 1. The second-order valence-electron chi connectivity index (χ2n) is 6.36. The Hall–Kier alpha value is -1.06. The van der Waals surface area contributed by atoms with Crippen molar-refractivity contribution in [3.8, 4) is 5.75 Å². The van der Waals surface area contributed by atoms with Crippen LogP contribution in [0.1, 0.15) is 31.7 Å². The van der Waals surface area contributed by atoms with Gasteiger partial charge in [-0.3, -0.25) is 4.99 Å². The number of rotatable bonds is 11. The van der Waals surface area contributed by atoms with Crippen molar-refractivity contribution in [1.29, 1.82) is 0 Å². The monoisotopic (exact) mass is 491 g/mol. The summed E-state index contributed by atoms with van der Waals surface area (Å²) in [6.45, 7) is 9.29. The molecule has 0 amide bonds. The van der Waals surface area contributed by atoms with E-state index in [2.05, 4.69) is 35.5 Å². The number of aryl methyl sites for hydroxylation is 1. The molecule has 0 bridgehead atoms. The molecule has 1 fully saturated rings. The van der Waals surface area contributed by atoms with Gasteiger partial charge < -0.3 is 24.8 Å². The lowest BCUT2D eigenvalue weighted by molar-refractivity contribution is 0.0171. The highest BCUT2D eigenvalue weighted by atomic mass is 127. The van der Waals surface area contributed by atoms with Crippen molar-refractivity contribution in [2.45, 2.75) is 39.2 Å². The number of ether oxygens (including phenoxy) is 3. The second kappa shape index (κ2) is 14.9. The summed E-state index contributed by atoms with van der Waals surface area (Å²) in [6.07, 6.45) is 3.48. The van der Waals surface area contributed by atoms with Crippen LogP contribution in [0.25, 0.3) is 0 Å². The van der Waals surface area contributed by atoms with Gasteiger partial charge in [-0.25, -0.2) is 0 Å². The molecule has 27 heavy (non-hydrogen) atoms. The van der Waals surface area contributed by atoms with Crippen molar-refractivity contribution >= 4 is 29.9 Å². The molecule has 1 aliphatic heterocycles. The van der Waals surface area contributed by atoms with Crippen molar-refractivity contribution in [3.05, 3.63) is 29.8 Å². The number of para-hydroxylation sites is 1. The van der Waals surface area contributed by atoms with E-state index in [1.54, 1.807) is 0 Å². The predicted octanol–water partition coefficient (Wildman–Crippen LogP) is 3.13. The topological polar surface area (TPSA) is 64.1 Å². The Balaban J connectivity index is 0.00000364. The average Bonchev–Trinajstić information content (AvgIpc) is 3.16. The van der Waals surface area contributed by atoms with Gasteiger partial charge in [0.05, 0.1) is 19.3 Å². The van der Waals surface area contributed by atoms with Gasteiger partial charge in [0, 0.05) is 26.3 Å². The Bertz CT molecular complexity index is 537. The van der Waals surface area contributed by atoms with E-state index in [1.165, 1.54) is 0 Å². The first kappa shape index (κ1) is 24.0. The number of halogens is 1. The summed E-state index contributed by atoms with van der Waals surface area (Å²) in [5, 5.41) is 6.55. The van der Waals surface area contributed by atoms with Crippen LogP contribution >= 0.6 is 24.0 Å². The summed E-state index contributed by atoms with van der Waals surface area (Å²) in [6, 6.07) is 8.05. The fourth-order valence-corrected chi connectivity index (χ4v) is 2.74. The Morgan fingerprint density at radius 3 is 2.85 bits per heavy atom. The molecule has 1 unspecified atom stereocenters. The SMILES string of the molecule is CCNC(=NCCCOCC1CCCO1)NCCOc1ccccc1C.I. The van der Waals surface area contributed by atoms with Gasteiger partial charge >= 0.3 is 0 Å². The first-order chi connectivity index (χ1) is 12.8. The zero-order chi connectivity index (χ0) is 18.5. The molecule has 1 aromatic carbocycles. The van der Waals surface area contributed by atoms with Crippen molar-refractivity contribution in [2.75, 3.05) is 46.1 Å². The van der Waals surface area contributed by atoms with Crippen LogP contribution in [0.4, 0.5) is 0 Å². The number of guanidine groups is 1. The van der Waals surface area contributed by atoms with E-state index < -0.39 is 0 Å². The molecule has 0 aliphatic carbocycles. The summed E-state index contributed by atoms with van der Waals surface area (Å²) < 4.78 is 17.0. The van der Waals surface area contributed by atoms with Crippen LogP contribution in [-0.4, -0.2) is 58.1 Å². The first-order valence-electron chi connectivity index (χ1n) is 9.69. The molecule has 6 nitrogen and oxygen atoms in total. The van der Waals surface area contributed by atoms with E-state index >= 15 is 0 Å². The van der Waals surface area contributed by atoms with Crippen LogP contribution in [0.3, 0.4) is 0 Å². The lowest BCUT2D eigenvalue weighted by atomic mass is 10.2. The average molecular weight is 491 g/mol. The number of hydrogen-bond acceptors (Lipinski definition) is 4. The third kappa shape index (κ3) is 10.2. The Morgan fingerprint density at radius 1 is 1.26 bits per heavy atom. The molecule has 2 N–H and O–H groups in total. The van der Waals surface area contributed by atoms with Gasteiger partial charge in [0.25, 0.3) is 0 Å². The zero-order valence-corrected chi connectivity index (χ0v) is 18.9. The maximum absolute atomic E-state index is 5.79. The first-order valence-corrected chi connectivity index (χ1v) is 9.69. The second-order valence-corrected chi connectivity index (χ2v) is 6.36. The quantitative estimate of drug-likeness (QED) is 0.216. The Labute approximate surface area is 180 Å². The smallest absolute Gasteiger partial charge is 0.191 e. The van der Waals surface area contributed by atoms with Crippen LogP contribution < -0.4 is 15.4 Å². The van der Waals surface area contributed by atoms with Crippen LogP contribution in [0.2, 0.25) is 0 Å². The third-order valence-electron chi connectivity index (χ3n) is 4.13. The van der Waals surface area contributed by atoms with Gasteiger partial charge in [-0.05, 0) is 44.7 Å². The fourth-order valence-electron chi connectivity index (χ4n) is 2.74. The molecular weight excluding hydrogens is 457 g/mol.